The summed E-state index contributed by atoms with van der Waals surface area (Å²) < 4.78 is 38.9. The van der Waals surface area contributed by atoms with Crippen LogP contribution >= 0.6 is 11.0 Å². The predicted octanol–water partition coefficient (Wildman–Crippen LogP) is 0.320. The number of aromatic nitrogens is 2. The largest absolute Gasteiger partial charge is 0.604 e. The zero-order chi connectivity index (χ0) is 50.9. The molecule has 70 heavy (non-hydrogen) atoms. The number of aliphatic hydroxyl groups excluding tert-OH is 1. The number of amides is 4. The maximum atomic E-state index is 13.7. The first-order chi connectivity index (χ1) is 33.6. The van der Waals surface area contributed by atoms with E-state index in [0.29, 0.717) is 78.9 Å². The molecule has 5 rings (SSSR count). The summed E-state index contributed by atoms with van der Waals surface area (Å²) in [4.78, 5) is 81.0. The normalized spacial score (nSPS) is 14.3. The first kappa shape index (κ1) is 54.7. The Kier molecular flexibility index (Phi) is 20.9. The monoisotopic (exact) mass is 1010 g/mol. The fourth-order valence-electron chi connectivity index (χ4n) is 7.62. The molecule has 11 N–H and O–H groups in total. The lowest BCUT2D eigenvalue weighted by molar-refractivity contribution is -0.131. The Hall–Kier alpha value is -6.22. The van der Waals surface area contributed by atoms with Crippen LogP contribution in [0.3, 0.4) is 0 Å². The van der Waals surface area contributed by atoms with Gasteiger partial charge in [-0.2, -0.15) is 4.40 Å². The quantitative estimate of drug-likeness (QED) is 0.00363. The number of hydrogen-bond donors (Lipinski definition) is 8. The smallest absolute Gasteiger partial charge is 0.257 e. The van der Waals surface area contributed by atoms with Gasteiger partial charge in [0.2, 0.25) is 41.4 Å². The molecular weight excluding hydrogens is 951 g/mol. The molecule has 2 aliphatic rings. The molecule has 0 spiro atoms. The molecule has 4 heterocycles. The molecule has 23 nitrogen and oxygen atoms in total. The van der Waals surface area contributed by atoms with Gasteiger partial charge in [0.15, 0.2) is 17.8 Å². The van der Waals surface area contributed by atoms with Gasteiger partial charge in [-0.15, -0.1) is 0 Å². The van der Waals surface area contributed by atoms with E-state index in [-0.39, 0.29) is 74.9 Å². The van der Waals surface area contributed by atoms with Crippen molar-refractivity contribution in [2.24, 2.45) is 27.6 Å². The summed E-state index contributed by atoms with van der Waals surface area (Å²) in [5, 5.41) is 23.0. The molecule has 1 aromatic carbocycles. The van der Waals surface area contributed by atoms with Gasteiger partial charge in [0, 0.05) is 83.0 Å². The summed E-state index contributed by atoms with van der Waals surface area (Å²) in [5.41, 5.74) is 15.5. The lowest BCUT2D eigenvalue weighted by atomic mass is 9.96. The third-order valence-electron chi connectivity index (χ3n) is 11.1. The van der Waals surface area contributed by atoms with Crippen LogP contribution in [0.5, 0.6) is 11.5 Å². The number of benzene rings is 1. The van der Waals surface area contributed by atoms with E-state index in [1.165, 1.54) is 37.0 Å². The van der Waals surface area contributed by atoms with Crippen LogP contribution < -0.4 is 53.6 Å². The minimum Gasteiger partial charge on any atom is -0.604 e. The fourth-order valence-corrected chi connectivity index (χ4v) is 8.39. The number of carbonyl (C=O) groups is 5. The Morgan fingerprint density at radius 2 is 1.79 bits per heavy atom. The molecular formula is C45H61N11O12S2. The number of hydrogen-bond acceptors (Lipinski definition) is 19. The number of rotatable bonds is 28. The average molecular weight is 1010 g/mol. The van der Waals surface area contributed by atoms with Gasteiger partial charge in [0.05, 0.1) is 55.1 Å². The molecule has 0 bridgehead atoms. The van der Waals surface area contributed by atoms with Gasteiger partial charge in [-0.3, -0.25) is 24.0 Å². The number of unbranched alkanes of at least 4 members (excludes halogenated alkanes) is 2. The summed E-state index contributed by atoms with van der Waals surface area (Å²) in [5.74, 6) is 4.80. The number of carbonyl (C=O) groups excluding carboxylic acids is 5. The summed E-state index contributed by atoms with van der Waals surface area (Å²) in [6.07, 6.45) is 7.45. The number of ether oxygens (including phenoxy) is 4. The second-order valence-electron chi connectivity index (χ2n) is 16.5. The van der Waals surface area contributed by atoms with Crippen LogP contribution in [0.1, 0.15) is 74.3 Å². The number of hydrazine groups is 1. The second-order valence-corrected chi connectivity index (χ2v) is 19.5. The number of aryl methyl sites for hydroxylation is 1. The van der Waals surface area contributed by atoms with Crippen LogP contribution in [-0.4, -0.2) is 120 Å². The molecule has 0 fully saturated rings. The van der Waals surface area contributed by atoms with Crippen molar-refractivity contribution in [3.63, 3.8) is 0 Å². The lowest BCUT2D eigenvalue weighted by Crippen LogP contribution is -2.51. The van der Waals surface area contributed by atoms with Crippen LogP contribution in [0.15, 0.2) is 51.1 Å². The Labute approximate surface area is 411 Å². The minimum atomic E-state index is -1.53. The van der Waals surface area contributed by atoms with Crippen LogP contribution in [0.2, 0.25) is 0 Å². The summed E-state index contributed by atoms with van der Waals surface area (Å²) in [6.45, 7) is 3.40. The first-order valence-corrected chi connectivity index (χ1v) is 25.2. The highest BCUT2D eigenvalue weighted by Gasteiger charge is 2.31. The van der Waals surface area contributed by atoms with Crippen molar-refractivity contribution in [1.82, 2.24) is 35.8 Å². The van der Waals surface area contributed by atoms with E-state index in [1.807, 2.05) is 6.07 Å². The van der Waals surface area contributed by atoms with Gasteiger partial charge in [0.25, 0.3) is 5.56 Å². The molecule has 3 atom stereocenters. The topological polar surface area (TPSA) is 342 Å². The molecule has 380 valence electrons. The molecule has 0 saturated heterocycles. The number of aldehydes is 1. The molecule has 25 heteroatoms. The average Bonchev–Trinajstić information content (AvgIpc) is 3.95. The van der Waals surface area contributed by atoms with Crippen LogP contribution in [0.4, 0.5) is 0 Å². The zero-order valence-electron chi connectivity index (χ0n) is 39.4. The molecule has 0 saturated carbocycles. The molecule has 4 amide bonds. The Bertz CT molecular complexity index is 2540. The number of nitrogens with one attached hydrogen (secondary N) is 4. The van der Waals surface area contributed by atoms with E-state index in [2.05, 4.69) is 25.7 Å². The molecule has 0 radical (unpaired) electrons. The van der Waals surface area contributed by atoms with E-state index in [0.717, 1.165) is 27.5 Å². The Morgan fingerprint density at radius 3 is 2.49 bits per heavy atom. The van der Waals surface area contributed by atoms with Gasteiger partial charge >= 0.3 is 0 Å². The number of pyridine rings is 2. The highest BCUT2D eigenvalue weighted by molar-refractivity contribution is 8.71. The van der Waals surface area contributed by atoms with Gasteiger partial charge in [-0.05, 0) is 49.3 Å². The van der Waals surface area contributed by atoms with E-state index in [4.69, 9.17) is 41.2 Å². The van der Waals surface area contributed by atoms with Crippen molar-refractivity contribution in [1.29, 1.82) is 0 Å². The zero-order valence-corrected chi connectivity index (χ0v) is 41.1. The van der Waals surface area contributed by atoms with Crippen LogP contribution in [0, 0.1) is 5.92 Å². The van der Waals surface area contributed by atoms with Gasteiger partial charge in [-0.25, -0.2) is 10.8 Å². The third kappa shape index (κ3) is 14.9. The van der Waals surface area contributed by atoms with E-state index in [9.17, 15) is 38.4 Å². The molecule has 2 aromatic heterocycles. The van der Waals surface area contributed by atoms with Crippen molar-refractivity contribution >= 4 is 68.2 Å². The highest BCUT2D eigenvalue weighted by Crippen LogP contribution is 2.42. The third-order valence-corrected chi connectivity index (χ3v) is 12.4. The number of nitrogens with zero attached hydrogens (tertiary/aromatic N) is 4. The standard InChI is InChI=1S/C45H61N11O12S2/c1-26(2)42(54-39(59)10-6-5-7-11-55(48)21-33(47)27(16-46)17-52-69-70(4)64)44(62)50-19-40(60)49-18-41(61)51-24-66-12-8-9-28-29-14-37-38(68-25-67-37)15-34(29)53-43-31(28)20-56-35(43)13-30(36(58)22-57)32(23-65-3)45(56)63/h13-17,21-22,26,36,42,58H,5-12,18-20,23-25,46-48H2,1-4H3,(H,49,60)(H,50,62)(H,51,61)(H,54,59)/b27-16?,33-21-,52-17?/t36-,42?,70?/m1/s1. The van der Waals surface area contributed by atoms with Crippen molar-refractivity contribution < 1.29 is 52.6 Å². The predicted molar refractivity (Wildman–Crippen MR) is 263 cm³/mol. The number of allylic oxidation sites excluding steroid dienone is 1. The van der Waals surface area contributed by atoms with Crippen molar-refractivity contribution in [3.05, 3.63) is 74.5 Å². The Balaban J connectivity index is 1.02. The minimum absolute atomic E-state index is 0.0604. The fraction of sp³-hybridized carbons (Fsp3) is 0.467. The van der Waals surface area contributed by atoms with Crippen LogP contribution in [-0.2, 0) is 63.2 Å². The summed E-state index contributed by atoms with van der Waals surface area (Å²) in [7, 11) is 1.10. The van der Waals surface area contributed by atoms with Gasteiger partial charge in [-0.1, -0.05) is 20.3 Å². The SMILES string of the molecule is COCc1c([C@H](O)C=O)cc2n(c1=O)Cc1c-2nc2cc3c(cc2c1CCCOCNC(=O)CNC(=O)CNC(=O)C(NC(=O)CCCCCN(N)/C=C(\N)C(C=NS[S+](C)[O-])=CN)C(C)C)OCO3. The van der Waals surface area contributed by atoms with Gasteiger partial charge in [0.1, 0.15) is 25.1 Å². The molecule has 3 aromatic rings. The lowest BCUT2D eigenvalue weighted by Gasteiger charge is -2.21. The summed E-state index contributed by atoms with van der Waals surface area (Å²) >= 11 is 0. The van der Waals surface area contributed by atoms with Crippen molar-refractivity contribution in [2.45, 2.75) is 77.7 Å². The number of nitrogens with two attached hydrogens (primary N) is 3. The first-order valence-electron chi connectivity index (χ1n) is 22.3. The van der Waals surface area contributed by atoms with Gasteiger partial charge < -0.3 is 75.7 Å². The number of methoxy groups -OCH3 is 1. The van der Waals surface area contributed by atoms with E-state index >= 15 is 0 Å². The molecule has 0 aliphatic carbocycles. The molecule has 2 unspecified atom stereocenters. The second kappa shape index (κ2) is 26.7. The van der Waals surface area contributed by atoms with E-state index < -0.39 is 52.2 Å². The van der Waals surface area contributed by atoms with Crippen molar-refractivity contribution in [3.8, 4) is 22.9 Å². The maximum absolute atomic E-state index is 13.7. The highest BCUT2D eigenvalue weighted by atomic mass is 33.1. The maximum Gasteiger partial charge on any atom is 0.257 e. The van der Waals surface area contributed by atoms with Crippen molar-refractivity contribution in [2.75, 3.05) is 53.1 Å². The van der Waals surface area contributed by atoms with Crippen LogP contribution in [0.25, 0.3) is 22.3 Å². The number of fused-ring (bicyclic) bond motifs is 5. The Morgan fingerprint density at radius 1 is 1.06 bits per heavy atom. The molecule has 2 aliphatic heterocycles. The summed E-state index contributed by atoms with van der Waals surface area (Å²) in [6, 6.07) is 4.33. The van der Waals surface area contributed by atoms with E-state index in [1.54, 1.807) is 30.5 Å². The number of aliphatic hydroxyl groups is 1.